The molecule has 0 bridgehead atoms. The molecule has 1 aromatic heterocycles. The zero-order valence-corrected chi connectivity index (χ0v) is 17.6. The summed E-state index contributed by atoms with van der Waals surface area (Å²) in [6, 6.07) is 14.2. The SMILES string of the molecule is CS(=O)(=O)N(CC(=O)Nc1nnc(-c2ccccc2)s1)c1ccc2c(c1)OCCO2. The van der Waals surface area contributed by atoms with Crippen LogP contribution in [-0.2, 0) is 14.8 Å². The number of rotatable bonds is 6. The quantitative estimate of drug-likeness (QED) is 0.619. The van der Waals surface area contributed by atoms with Crippen LogP contribution >= 0.6 is 11.3 Å². The van der Waals surface area contributed by atoms with Gasteiger partial charge in [0, 0.05) is 11.6 Å². The number of ether oxygens (including phenoxy) is 2. The third-order valence-electron chi connectivity index (χ3n) is 4.19. The first-order chi connectivity index (χ1) is 14.4. The van der Waals surface area contributed by atoms with Crippen molar-refractivity contribution in [3.05, 3.63) is 48.5 Å². The largest absolute Gasteiger partial charge is 0.486 e. The second kappa shape index (κ2) is 8.28. The summed E-state index contributed by atoms with van der Waals surface area (Å²) in [5.74, 6) is 0.431. The Balaban J connectivity index is 1.50. The van der Waals surface area contributed by atoms with Crippen molar-refractivity contribution < 1.29 is 22.7 Å². The molecule has 3 aromatic rings. The van der Waals surface area contributed by atoms with Gasteiger partial charge in [0.2, 0.25) is 21.1 Å². The molecule has 0 saturated carbocycles. The van der Waals surface area contributed by atoms with Crippen LogP contribution in [0.2, 0.25) is 0 Å². The Kier molecular flexibility index (Phi) is 5.55. The number of aromatic nitrogens is 2. The molecule has 9 nitrogen and oxygen atoms in total. The Labute approximate surface area is 177 Å². The van der Waals surface area contributed by atoms with Crippen LogP contribution in [0.15, 0.2) is 48.5 Å². The molecule has 0 aliphatic carbocycles. The van der Waals surface area contributed by atoms with Crippen LogP contribution in [0.25, 0.3) is 10.6 Å². The molecule has 1 aliphatic rings. The van der Waals surface area contributed by atoms with E-state index in [9.17, 15) is 13.2 Å². The minimum absolute atomic E-state index is 0.287. The van der Waals surface area contributed by atoms with Gasteiger partial charge < -0.3 is 9.47 Å². The summed E-state index contributed by atoms with van der Waals surface area (Å²) < 4.78 is 36.6. The summed E-state index contributed by atoms with van der Waals surface area (Å²) >= 11 is 1.20. The molecular formula is C19H18N4O5S2. The molecule has 4 rings (SSSR count). The molecule has 0 saturated heterocycles. The topological polar surface area (TPSA) is 111 Å². The number of hydrogen-bond acceptors (Lipinski definition) is 8. The third-order valence-corrected chi connectivity index (χ3v) is 6.22. The van der Waals surface area contributed by atoms with Gasteiger partial charge in [0.1, 0.15) is 24.8 Å². The van der Waals surface area contributed by atoms with Crippen LogP contribution in [0, 0.1) is 0 Å². The molecule has 2 heterocycles. The first-order valence-electron chi connectivity index (χ1n) is 8.96. The van der Waals surface area contributed by atoms with Crippen LogP contribution in [-0.4, -0.2) is 50.5 Å². The second-order valence-corrected chi connectivity index (χ2v) is 9.31. The molecule has 11 heteroatoms. The minimum atomic E-state index is -3.73. The Hall–Kier alpha value is -3.18. The fourth-order valence-electron chi connectivity index (χ4n) is 2.85. The first-order valence-corrected chi connectivity index (χ1v) is 11.6. The van der Waals surface area contributed by atoms with Crippen molar-refractivity contribution in [2.45, 2.75) is 0 Å². The highest BCUT2D eigenvalue weighted by atomic mass is 32.2. The average Bonchev–Trinajstić information content (AvgIpc) is 3.20. The number of fused-ring (bicyclic) bond motifs is 1. The number of hydrogen-bond donors (Lipinski definition) is 1. The summed E-state index contributed by atoms with van der Waals surface area (Å²) in [7, 11) is -3.73. The molecule has 30 heavy (non-hydrogen) atoms. The highest BCUT2D eigenvalue weighted by Gasteiger charge is 2.24. The highest BCUT2D eigenvalue weighted by molar-refractivity contribution is 7.92. The summed E-state index contributed by atoms with van der Waals surface area (Å²) in [6.45, 7) is 0.382. The minimum Gasteiger partial charge on any atom is -0.486 e. The molecule has 0 atom stereocenters. The molecule has 0 unspecified atom stereocenters. The number of sulfonamides is 1. The van der Waals surface area contributed by atoms with E-state index in [-0.39, 0.29) is 5.13 Å². The Bertz CT molecular complexity index is 1160. The van der Waals surface area contributed by atoms with Crippen molar-refractivity contribution in [1.82, 2.24) is 10.2 Å². The van der Waals surface area contributed by atoms with Crippen LogP contribution < -0.4 is 19.1 Å². The maximum atomic E-state index is 12.5. The highest BCUT2D eigenvalue weighted by Crippen LogP contribution is 2.34. The number of nitrogens with zero attached hydrogens (tertiary/aromatic N) is 3. The predicted molar refractivity (Wildman–Crippen MR) is 114 cm³/mol. The zero-order chi connectivity index (χ0) is 21.1. The van der Waals surface area contributed by atoms with E-state index < -0.39 is 22.5 Å². The number of benzene rings is 2. The van der Waals surface area contributed by atoms with Gasteiger partial charge in [-0.05, 0) is 12.1 Å². The van der Waals surface area contributed by atoms with E-state index in [4.69, 9.17) is 9.47 Å². The maximum Gasteiger partial charge on any atom is 0.246 e. The lowest BCUT2D eigenvalue weighted by molar-refractivity contribution is -0.114. The van der Waals surface area contributed by atoms with Crippen molar-refractivity contribution in [2.75, 3.05) is 35.6 Å². The standard InChI is InChI=1S/C19H18N4O5S2/c1-30(25,26)23(14-7-8-15-16(11-14)28-10-9-27-15)12-17(24)20-19-22-21-18(29-19)13-5-3-2-4-6-13/h2-8,11H,9-10,12H2,1H3,(H,20,22,24). The molecule has 1 N–H and O–H groups in total. The Morgan fingerprint density at radius 2 is 1.83 bits per heavy atom. The van der Waals surface area contributed by atoms with E-state index in [1.165, 1.54) is 11.3 Å². The Morgan fingerprint density at radius 1 is 1.10 bits per heavy atom. The summed E-state index contributed by atoms with van der Waals surface area (Å²) in [5.41, 5.74) is 1.18. The molecule has 0 radical (unpaired) electrons. The lowest BCUT2D eigenvalue weighted by atomic mass is 10.2. The van der Waals surface area contributed by atoms with Gasteiger partial charge >= 0.3 is 0 Å². The van der Waals surface area contributed by atoms with Gasteiger partial charge in [0.25, 0.3) is 0 Å². The van der Waals surface area contributed by atoms with E-state index >= 15 is 0 Å². The van der Waals surface area contributed by atoms with E-state index in [0.717, 1.165) is 16.1 Å². The summed E-state index contributed by atoms with van der Waals surface area (Å²) in [4.78, 5) is 12.5. The van der Waals surface area contributed by atoms with E-state index in [2.05, 4.69) is 15.5 Å². The predicted octanol–water partition coefficient (Wildman–Crippen LogP) is 2.38. The maximum absolute atomic E-state index is 12.5. The molecule has 0 spiro atoms. The second-order valence-electron chi connectivity index (χ2n) is 6.42. The van der Waals surface area contributed by atoms with E-state index in [0.29, 0.717) is 35.4 Å². The normalized spacial score (nSPS) is 13.0. The molecule has 0 fully saturated rings. The van der Waals surface area contributed by atoms with Crippen LogP contribution in [0.1, 0.15) is 0 Å². The lowest BCUT2D eigenvalue weighted by Gasteiger charge is -2.24. The van der Waals surface area contributed by atoms with Gasteiger partial charge in [-0.1, -0.05) is 41.7 Å². The van der Waals surface area contributed by atoms with Gasteiger partial charge in [-0.15, -0.1) is 10.2 Å². The van der Waals surface area contributed by atoms with Crippen molar-refractivity contribution >= 4 is 38.1 Å². The van der Waals surface area contributed by atoms with Crippen molar-refractivity contribution in [3.63, 3.8) is 0 Å². The smallest absolute Gasteiger partial charge is 0.246 e. The third kappa shape index (κ3) is 4.52. The summed E-state index contributed by atoms with van der Waals surface area (Å²) in [5, 5.41) is 11.6. The lowest BCUT2D eigenvalue weighted by Crippen LogP contribution is -2.37. The van der Waals surface area contributed by atoms with Crippen molar-refractivity contribution in [2.24, 2.45) is 0 Å². The van der Waals surface area contributed by atoms with Gasteiger partial charge in [0.15, 0.2) is 11.5 Å². The van der Waals surface area contributed by atoms with Gasteiger partial charge in [-0.25, -0.2) is 8.42 Å². The Morgan fingerprint density at radius 3 is 2.57 bits per heavy atom. The first kappa shape index (κ1) is 20.1. The molecule has 1 aliphatic heterocycles. The zero-order valence-electron chi connectivity index (χ0n) is 15.9. The molecule has 1 amide bonds. The molecule has 2 aromatic carbocycles. The average molecular weight is 447 g/mol. The molecular weight excluding hydrogens is 428 g/mol. The van der Waals surface area contributed by atoms with Gasteiger partial charge in [-0.2, -0.15) is 0 Å². The van der Waals surface area contributed by atoms with Crippen molar-refractivity contribution in [1.29, 1.82) is 0 Å². The monoisotopic (exact) mass is 446 g/mol. The van der Waals surface area contributed by atoms with Crippen molar-refractivity contribution in [3.8, 4) is 22.1 Å². The number of nitrogens with one attached hydrogen (secondary N) is 1. The fraction of sp³-hybridized carbons (Fsp3) is 0.211. The number of amides is 1. The van der Waals surface area contributed by atoms with Gasteiger partial charge in [-0.3, -0.25) is 14.4 Å². The number of carbonyl (C=O) groups excluding carboxylic acids is 1. The van der Waals surface area contributed by atoms with Gasteiger partial charge in [0.05, 0.1) is 11.9 Å². The van der Waals surface area contributed by atoms with E-state index in [1.807, 2.05) is 30.3 Å². The fourth-order valence-corrected chi connectivity index (χ4v) is 4.46. The van der Waals surface area contributed by atoms with E-state index in [1.54, 1.807) is 18.2 Å². The number of carbonyl (C=O) groups is 1. The van der Waals surface area contributed by atoms with Crippen LogP contribution in [0.4, 0.5) is 10.8 Å². The van der Waals surface area contributed by atoms with Crippen LogP contribution in [0.5, 0.6) is 11.5 Å². The number of anilines is 2. The molecule has 156 valence electrons. The summed E-state index contributed by atoms with van der Waals surface area (Å²) in [6.07, 6.45) is 1.04. The van der Waals surface area contributed by atoms with Crippen LogP contribution in [0.3, 0.4) is 0 Å².